The first-order valence-electron chi connectivity index (χ1n) is 9.98. The van der Waals surface area contributed by atoms with E-state index in [-0.39, 0.29) is 11.5 Å². The van der Waals surface area contributed by atoms with Crippen molar-refractivity contribution in [2.75, 3.05) is 19.4 Å². The highest BCUT2D eigenvalue weighted by Gasteiger charge is 2.11. The van der Waals surface area contributed by atoms with Crippen molar-refractivity contribution in [1.82, 2.24) is 4.90 Å². The molecule has 0 saturated carbocycles. The van der Waals surface area contributed by atoms with Crippen LogP contribution in [0.3, 0.4) is 0 Å². The average molecular weight is 425 g/mol. The molecule has 0 aromatic heterocycles. The molecule has 2 amide bonds. The third kappa shape index (κ3) is 6.07. The minimum absolute atomic E-state index is 0.0311. The van der Waals surface area contributed by atoms with Gasteiger partial charge in [0.05, 0.1) is 0 Å². The predicted molar refractivity (Wildman–Crippen MR) is 124 cm³/mol. The predicted octanol–water partition coefficient (Wildman–Crippen LogP) is 4.51. The monoisotopic (exact) mass is 425 g/mol. The van der Waals surface area contributed by atoms with Crippen LogP contribution >= 0.6 is 0 Å². The molecule has 3 rings (SSSR count). The van der Waals surface area contributed by atoms with Gasteiger partial charge in [-0.2, -0.15) is 5.26 Å². The zero-order chi connectivity index (χ0) is 22.9. The van der Waals surface area contributed by atoms with E-state index in [1.807, 2.05) is 36.4 Å². The Balaban J connectivity index is 1.63. The highest BCUT2D eigenvalue weighted by molar-refractivity contribution is 6.09. The summed E-state index contributed by atoms with van der Waals surface area (Å²) in [6, 6.07) is 25.4. The van der Waals surface area contributed by atoms with Gasteiger partial charge in [0.25, 0.3) is 11.8 Å². The first-order valence-corrected chi connectivity index (χ1v) is 9.98. The highest BCUT2D eigenvalue weighted by Crippen LogP contribution is 2.17. The molecule has 6 nitrogen and oxygen atoms in total. The maximum atomic E-state index is 12.5. The fourth-order valence-electron chi connectivity index (χ4n) is 2.87. The molecule has 1 N–H and O–H groups in total. The van der Waals surface area contributed by atoms with Gasteiger partial charge in [-0.05, 0) is 53.6 Å². The molecule has 32 heavy (non-hydrogen) atoms. The molecule has 0 fully saturated rings. The van der Waals surface area contributed by atoms with Crippen molar-refractivity contribution in [2.45, 2.75) is 6.61 Å². The summed E-state index contributed by atoms with van der Waals surface area (Å²) in [5.74, 6) is 0.0431. The molecule has 0 bridgehead atoms. The SMILES string of the molecule is CN(C)C(=O)c1ccc(NC(=O)/C(C#N)=C/c2ccc(OCc3ccccc3)cc2)cc1. The van der Waals surface area contributed by atoms with Crippen molar-refractivity contribution in [3.63, 3.8) is 0 Å². The summed E-state index contributed by atoms with van der Waals surface area (Å²) < 4.78 is 5.75. The first kappa shape index (κ1) is 22.3. The minimum atomic E-state index is -0.524. The molecule has 0 saturated heterocycles. The normalized spacial score (nSPS) is 10.7. The van der Waals surface area contributed by atoms with Crippen LogP contribution in [0.5, 0.6) is 5.75 Å². The van der Waals surface area contributed by atoms with Crippen LogP contribution in [0.25, 0.3) is 6.08 Å². The van der Waals surface area contributed by atoms with Gasteiger partial charge in [-0.3, -0.25) is 9.59 Å². The lowest BCUT2D eigenvalue weighted by Gasteiger charge is -2.11. The molecule has 0 aliphatic heterocycles. The van der Waals surface area contributed by atoms with Crippen LogP contribution in [0, 0.1) is 11.3 Å². The van der Waals surface area contributed by atoms with E-state index in [1.165, 1.54) is 11.0 Å². The summed E-state index contributed by atoms with van der Waals surface area (Å²) >= 11 is 0. The Morgan fingerprint density at radius 2 is 1.62 bits per heavy atom. The van der Waals surface area contributed by atoms with Crippen molar-refractivity contribution < 1.29 is 14.3 Å². The van der Waals surface area contributed by atoms with Crippen LogP contribution in [-0.2, 0) is 11.4 Å². The maximum Gasteiger partial charge on any atom is 0.266 e. The molecule has 0 unspecified atom stereocenters. The molecule has 3 aromatic rings. The van der Waals surface area contributed by atoms with E-state index in [2.05, 4.69) is 5.32 Å². The van der Waals surface area contributed by atoms with Crippen LogP contribution in [0.1, 0.15) is 21.5 Å². The lowest BCUT2D eigenvalue weighted by Crippen LogP contribution is -2.21. The number of carbonyl (C=O) groups excluding carboxylic acids is 2. The number of ether oxygens (including phenoxy) is 1. The van der Waals surface area contributed by atoms with Gasteiger partial charge in [-0.25, -0.2) is 0 Å². The third-order valence-corrected chi connectivity index (χ3v) is 4.60. The van der Waals surface area contributed by atoms with E-state index in [1.54, 1.807) is 62.6 Å². The Bertz CT molecular complexity index is 1140. The molecule has 0 heterocycles. The van der Waals surface area contributed by atoms with Crippen molar-refractivity contribution >= 4 is 23.6 Å². The topological polar surface area (TPSA) is 82.4 Å². The van der Waals surface area contributed by atoms with Crippen molar-refractivity contribution in [3.05, 3.63) is 101 Å². The summed E-state index contributed by atoms with van der Waals surface area (Å²) in [6.07, 6.45) is 1.51. The highest BCUT2D eigenvalue weighted by atomic mass is 16.5. The summed E-state index contributed by atoms with van der Waals surface area (Å²) in [5.41, 5.74) is 2.75. The van der Waals surface area contributed by atoms with E-state index < -0.39 is 5.91 Å². The molecule has 6 heteroatoms. The van der Waals surface area contributed by atoms with Gasteiger partial charge in [0.15, 0.2) is 0 Å². The van der Waals surface area contributed by atoms with Crippen molar-refractivity contribution in [3.8, 4) is 11.8 Å². The van der Waals surface area contributed by atoms with Crippen LogP contribution in [0.4, 0.5) is 5.69 Å². The molecular formula is C26H23N3O3. The maximum absolute atomic E-state index is 12.5. The fourth-order valence-corrected chi connectivity index (χ4v) is 2.87. The number of hydrogen-bond donors (Lipinski definition) is 1. The molecule has 160 valence electrons. The van der Waals surface area contributed by atoms with Gasteiger partial charge in [0.2, 0.25) is 0 Å². The Kier molecular flexibility index (Phi) is 7.39. The lowest BCUT2D eigenvalue weighted by molar-refractivity contribution is -0.112. The Morgan fingerprint density at radius 1 is 0.969 bits per heavy atom. The van der Waals surface area contributed by atoms with Gasteiger partial charge in [-0.15, -0.1) is 0 Å². The number of nitriles is 1. The number of nitrogens with zero attached hydrogens (tertiary/aromatic N) is 2. The number of hydrogen-bond acceptors (Lipinski definition) is 4. The molecule has 0 radical (unpaired) electrons. The molecule has 0 aliphatic rings. The largest absolute Gasteiger partial charge is 0.489 e. The van der Waals surface area contributed by atoms with Gasteiger partial charge < -0.3 is 15.0 Å². The van der Waals surface area contributed by atoms with E-state index in [9.17, 15) is 14.9 Å². The summed E-state index contributed by atoms with van der Waals surface area (Å²) in [5, 5.41) is 12.1. The van der Waals surface area contributed by atoms with Gasteiger partial charge >= 0.3 is 0 Å². The second kappa shape index (κ2) is 10.6. The number of benzene rings is 3. The van der Waals surface area contributed by atoms with Crippen molar-refractivity contribution in [2.24, 2.45) is 0 Å². The zero-order valence-corrected chi connectivity index (χ0v) is 17.9. The van der Waals surface area contributed by atoms with Gasteiger partial charge in [0.1, 0.15) is 24.0 Å². The van der Waals surface area contributed by atoms with E-state index >= 15 is 0 Å². The van der Waals surface area contributed by atoms with Crippen molar-refractivity contribution in [1.29, 1.82) is 5.26 Å². The Labute approximate surface area is 187 Å². The molecule has 0 atom stereocenters. The fraction of sp³-hybridized carbons (Fsp3) is 0.115. The van der Waals surface area contributed by atoms with E-state index in [4.69, 9.17) is 4.74 Å². The van der Waals surface area contributed by atoms with Gasteiger partial charge in [-0.1, -0.05) is 42.5 Å². The van der Waals surface area contributed by atoms with Gasteiger partial charge in [0, 0.05) is 25.3 Å². The summed E-state index contributed by atoms with van der Waals surface area (Å²) in [4.78, 5) is 25.9. The molecule has 3 aromatic carbocycles. The quantitative estimate of drug-likeness (QED) is 0.446. The first-order chi connectivity index (χ1) is 15.5. The number of nitrogens with one attached hydrogen (secondary N) is 1. The number of anilines is 1. The molecular weight excluding hydrogens is 402 g/mol. The second-order valence-corrected chi connectivity index (χ2v) is 7.24. The third-order valence-electron chi connectivity index (χ3n) is 4.60. The summed E-state index contributed by atoms with van der Waals surface area (Å²) in [6.45, 7) is 0.459. The Hall–Kier alpha value is -4.37. The second-order valence-electron chi connectivity index (χ2n) is 7.24. The molecule has 0 aliphatic carbocycles. The number of amides is 2. The van der Waals surface area contributed by atoms with Crippen LogP contribution < -0.4 is 10.1 Å². The minimum Gasteiger partial charge on any atom is -0.489 e. The van der Waals surface area contributed by atoms with E-state index in [0.29, 0.717) is 29.2 Å². The summed E-state index contributed by atoms with van der Waals surface area (Å²) in [7, 11) is 3.34. The smallest absolute Gasteiger partial charge is 0.266 e. The Morgan fingerprint density at radius 3 is 2.22 bits per heavy atom. The number of carbonyl (C=O) groups is 2. The molecule has 0 spiro atoms. The van der Waals surface area contributed by atoms with Crippen LogP contribution in [-0.4, -0.2) is 30.8 Å². The lowest BCUT2D eigenvalue weighted by atomic mass is 10.1. The number of rotatable bonds is 7. The average Bonchev–Trinajstić information content (AvgIpc) is 2.82. The van der Waals surface area contributed by atoms with Crippen LogP contribution in [0.15, 0.2) is 84.4 Å². The standard InChI is InChI=1S/C26H23N3O3/c1-29(2)26(31)21-10-12-23(13-11-21)28-25(30)22(17-27)16-19-8-14-24(15-9-19)32-18-20-6-4-3-5-7-20/h3-16H,18H2,1-2H3,(H,28,30)/b22-16+. The van der Waals surface area contributed by atoms with E-state index in [0.717, 1.165) is 5.56 Å². The zero-order valence-electron chi connectivity index (χ0n) is 17.9. The van der Waals surface area contributed by atoms with Crippen LogP contribution in [0.2, 0.25) is 0 Å².